The van der Waals surface area contributed by atoms with Crippen molar-refractivity contribution in [3.8, 4) is 0 Å². The lowest BCUT2D eigenvalue weighted by molar-refractivity contribution is -0.141. The van der Waals surface area contributed by atoms with E-state index in [1.165, 1.54) is 4.57 Å². The topological polar surface area (TPSA) is 62.2 Å². The maximum atomic E-state index is 12.9. The molecule has 0 aromatic carbocycles. The van der Waals surface area contributed by atoms with Gasteiger partial charge in [-0.25, -0.2) is 10.4 Å². The van der Waals surface area contributed by atoms with Crippen molar-refractivity contribution in [2.24, 2.45) is 11.8 Å². The van der Waals surface area contributed by atoms with Gasteiger partial charge in [0.25, 0.3) is 0 Å². The van der Waals surface area contributed by atoms with Crippen molar-refractivity contribution in [3.63, 3.8) is 0 Å². The van der Waals surface area contributed by atoms with Crippen LogP contribution in [0, 0.1) is 11.8 Å². The molecule has 1 aliphatic carbocycles. The Morgan fingerprint density at radius 1 is 1.28 bits per heavy atom. The number of amides is 1. The summed E-state index contributed by atoms with van der Waals surface area (Å²) >= 11 is 0. The SMILES string of the molecule is CC1CCC2NNC(C(=O)N3CCn4cc(C(F)(F)F)nc4C3)C2C1. The number of alkyl halides is 3. The predicted molar refractivity (Wildman–Crippen MR) is 83.0 cm³/mol. The van der Waals surface area contributed by atoms with E-state index in [0.717, 1.165) is 25.5 Å². The van der Waals surface area contributed by atoms with Crippen LogP contribution in [0.1, 0.15) is 37.7 Å². The smallest absolute Gasteiger partial charge is 0.332 e. The zero-order valence-electron chi connectivity index (χ0n) is 14.0. The second-order valence-electron chi connectivity index (χ2n) is 7.45. The molecule has 6 nitrogen and oxygen atoms in total. The number of aromatic nitrogens is 2. The third-order valence-corrected chi connectivity index (χ3v) is 5.68. The standard InChI is InChI=1S/C16H22F3N5O/c1-9-2-3-11-10(6-9)14(22-21-11)15(25)24-5-4-23-7-12(16(17,18)19)20-13(23)8-24/h7,9-11,14,21-22H,2-6,8H2,1H3. The summed E-state index contributed by atoms with van der Waals surface area (Å²) < 4.78 is 40.0. The lowest BCUT2D eigenvalue weighted by Gasteiger charge is -2.34. The summed E-state index contributed by atoms with van der Waals surface area (Å²) in [7, 11) is 0. The number of nitrogens with zero attached hydrogens (tertiary/aromatic N) is 3. The van der Waals surface area contributed by atoms with Gasteiger partial charge in [-0.05, 0) is 25.2 Å². The molecule has 3 heterocycles. The zero-order valence-corrected chi connectivity index (χ0v) is 14.0. The van der Waals surface area contributed by atoms with Crippen LogP contribution in [0.5, 0.6) is 0 Å². The third kappa shape index (κ3) is 3.03. The van der Waals surface area contributed by atoms with Crippen molar-refractivity contribution < 1.29 is 18.0 Å². The summed E-state index contributed by atoms with van der Waals surface area (Å²) in [6.07, 6.45) is -0.241. The van der Waals surface area contributed by atoms with Gasteiger partial charge in [-0.1, -0.05) is 6.92 Å². The molecule has 4 unspecified atom stereocenters. The van der Waals surface area contributed by atoms with Crippen LogP contribution in [-0.2, 0) is 24.1 Å². The highest BCUT2D eigenvalue weighted by atomic mass is 19.4. The summed E-state index contributed by atoms with van der Waals surface area (Å²) in [5.74, 6) is 1.08. The number of hydrogen-bond acceptors (Lipinski definition) is 4. The van der Waals surface area contributed by atoms with Crippen molar-refractivity contribution in [2.45, 2.75) is 57.5 Å². The quantitative estimate of drug-likeness (QED) is 0.800. The number of rotatable bonds is 1. The van der Waals surface area contributed by atoms with E-state index in [9.17, 15) is 18.0 Å². The first-order valence-corrected chi connectivity index (χ1v) is 8.76. The molecule has 25 heavy (non-hydrogen) atoms. The van der Waals surface area contributed by atoms with Crippen molar-refractivity contribution >= 4 is 5.91 Å². The van der Waals surface area contributed by atoms with Gasteiger partial charge >= 0.3 is 6.18 Å². The van der Waals surface area contributed by atoms with Gasteiger partial charge in [-0.15, -0.1) is 0 Å². The van der Waals surface area contributed by atoms with E-state index in [0.29, 0.717) is 30.9 Å². The van der Waals surface area contributed by atoms with E-state index in [-0.39, 0.29) is 24.4 Å². The first-order valence-electron chi connectivity index (χ1n) is 8.76. The second kappa shape index (κ2) is 5.98. The lowest BCUT2D eigenvalue weighted by Crippen LogP contribution is -2.50. The maximum absolute atomic E-state index is 12.9. The van der Waals surface area contributed by atoms with Gasteiger partial charge in [-0.2, -0.15) is 13.2 Å². The third-order valence-electron chi connectivity index (χ3n) is 5.68. The maximum Gasteiger partial charge on any atom is 0.434 e. The fraction of sp³-hybridized carbons (Fsp3) is 0.750. The van der Waals surface area contributed by atoms with Crippen molar-refractivity contribution in [2.75, 3.05) is 6.54 Å². The minimum Gasteiger partial charge on any atom is -0.332 e. The minimum atomic E-state index is -4.46. The molecular formula is C16H22F3N5O. The average molecular weight is 357 g/mol. The Hall–Kier alpha value is -1.61. The van der Waals surface area contributed by atoms with Crippen molar-refractivity contribution in [1.29, 1.82) is 0 Å². The normalized spacial score (nSPS) is 32.4. The van der Waals surface area contributed by atoms with Crippen LogP contribution in [0.25, 0.3) is 0 Å². The van der Waals surface area contributed by atoms with Gasteiger partial charge in [0.15, 0.2) is 5.69 Å². The molecule has 0 radical (unpaired) electrons. The number of halogens is 3. The summed E-state index contributed by atoms with van der Waals surface area (Å²) in [4.78, 5) is 18.3. The monoisotopic (exact) mass is 357 g/mol. The molecule has 1 amide bonds. The molecule has 1 saturated heterocycles. The number of imidazole rings is 1. The summed E-state index contributed by atoms with van der Waals surface area (Å²) in [6, 6.07) is -0.00916. The Kier molecular flexibility index (Phi) is 4.03. The first kappa shape index (κ1) is 16.8. The highest BCUT2D eigenvalue weighted by molar-refractivity contribution is 5.82. The Morgan fingerprint density at radius 2 is 2.08 bits per heavy atom. The number of carbonyl (C=O) groups is 1. The second-order valence-corrected chi connectivity index (χ2v) is 7.45. The molecule has 1 saturated carbocycles. The predicted octanol–water partition coefficient (Wildman–Crippen LogP) is 1.53. The van der Waals surface area contributed by atoms with E-state index in [2.05, 4.69) is 22.8 Å². The van der Waals surface area contributed by atoms with E-state index in [1.54, 1.807) is 4.90 Å². The summed E-state index contributed by atoms with van der Waals surface area (Å²) in [5.41, 5.74) is 5.46. The molecule has 2 aliphatic heterocycles. The van der Waals surface area contributed by atoms with Gasteiger partial charge in [0.1, 0.15) is 11.9 Å². The molecule has 0 spiro atoms. The Labute approximate surface area is 143 Å². The van der Waals surface area contributed by atoms with E-state index in [4.69, 9.17) is 0 Å². The van der Waals surface area contributed by atoms with Gasteiger partial charge < -0.3 is 9.47 Å². The number of hydrazine groups is 1. The van der Waals surface area contributed by atoms with Gasteiger partial charge in [0.05, 0.1) is 6.54 Å². The van der Waals surface area contributed by atoms with E-state index in [1.807, 2.05) is 0 Å². The van der Waals surface area contributed by atoms with Crippen LogP contribution in [-0.4, -0.2) is 39.0 Å². The minimum absolute atomic E-state index is 0.0445. The summed E-state index contributed by atoms with van der Waals surface area (Å²) in [6.45, 7) is 3.08. The Balaban J connectivity index is 1.48. The van der Waals surface area contributed by atoms with Gasteiger partial charge in [0, 0.05) is 31.2 Å². The molecule has 4 rings (SSSR count). The van der Waals surface area contributed by atoms with Gasteiger partial charge in [-0.3, -0.25) is 10.2 Å². The molecule has 3 aliphatic rings. The molecule has 0 bridgehead atoms. The van der Waals surface area contributed by atoms with E-state index < -0.39 is 11.9 Å². The number of hydrogen-bond donors (Lipinski definition) is 2. The molecule has 2 N–H and O–H groups in total. The zero-order chi connectivity index (χ0) is 17.8. The summed E-state index contributed by atoms with van der Waals surface area (Å²) in [5, 5.41) is 0. The van der Waals surface area contributed by atoms with Crippen molar-refractivity contribution in [3.05, 3.63) is 17.7 Å². The van der Waals surface area contributed by atoms with Crippen LogP contribution >= 0.6 is 0 Å². The Bertz CT molecular complexity index is 673. The molecular weight excluding hydrogens is 335 g/mol. The molecule has 1 aromatic rings. The fourth-order valence-electron chi connectivity index (χ4n) is 4.29. The van der Waals surface area contributed by atoms with Crippen LogP contribution in [0.3, 0.4) is 0 Å². The van der Waals surface area contributed by atoms with Crippen LogP contribution in [0.15, 0.2) is 6.20 Å². The van der Waals surface area contributed by atoms with Crippen LogP contribution < -0.4 is 10.9 Å². The fourth-order valence-corrected chi connectivity index (χ4v) is 4.29. The molecule has 4 atom stereocenters. The highest BCUT2D eigenvalue weighted by Crippen LogP contribution is 2.35. The van der Waals surface area contributed by atoms with Crippen LogP contribution in [0.4, 0.5) is 13.2 Å². The average Bonchev–Trinajstić information content (AvgIpc) is 3.16. The van der Waals surface area contributed by atoms with Crippen molar-refractivity contribution in [1.82, 2.24) is 25.3 Å². The molecule has 138 valence electrons. The number of carbonyl (C=O) groups excluding carboxylic acids is 1. The Morgan fingerprint density at radius 3 is 2.84 bits per heavy atom. The first-order chi connectivity index (χ1) is 11.8. The lowest BCUT2D eigenvalue weighted by atomic mass is 9.76. The molecule has 2 fully saturated rings. The largest absolute Gasteiger partial charge is 0.434 e. The van der Waals surface area contributed by atoms with Crippen LogP contribution in [0.2, 0.25) is 0 Å². The van der Waals surface area contributed by atoms with E-state index >= 15 is 0 Å². The van der Waals surface area contributed by atoms with Gasteiger partial charge in [0.2, 0.25) is 5.91 Å². The molecule has 9 heteroatoms. The number of fused-ring (bicyclic) bond motifs is 2. The number of nitrogens with one attached hydrogen (secondary N) is 2. The highest BCUT2D eigenvalue weighted by Gasteiger charge is 2.44. The molecule has 1 aromatic heterocycles.